The zero-order chi connectivity index (χ0) is 65.3. The molecule has 0 aliphatic rings. The van der Waals surface area contributed by atoms with Crippen LogP contribution in [-0.2, 0) is 0 Å². The van der Waals surface area contributed by atoms with Gasteiger partial charge in [0.25, 0.3) is 0 Å². The first-order chi connectivity index (χ1) is 49.6. The molecule has 0 aliphatic heterocycles. The maximum Gasteiger partial charge on any atom is 0.165 e. The van der Waals surface area contributed by atoms with E-state index < -0.39 is 0 Å². The Morgan fingerprint density at radius 2 is 0.640 bits per heavy atom. The van der Waals surface area contributed by atoms with Crippen molar-refractivity contribution in [3.63, 3.8) is 0 Å². The van der Waals surface area contributed by atoms with Crippen LogP contribution in [0.15, 0.2) is 328 Å². The van der Waals surface area contributed by atoms with Crippen LogP contribution in [0.2, 0.25) is 0 Å². The molecule has 16 aromatic carbocycles. The average molecular weight is 1270 g/mol. The van der Waals surface area contributed by atoms with Crippen LogP contribution < -0.4 is 0 Å². The fourth-order valence-electron chi connectivity index (χ4n) is 16.7. The van der Waals surface area contributed by atoms with Crippen molar-refractivity contribution in [2.45, 2.75) is 0 Å². The smallest absolute Gasteiger partial charge is 0.165 e. The lowest BCUT2D eigenvalue weighted by molar-refractivity contribution is 1.08. The maximum absolute atomic E-state index is 5.92. The summed E-state index contributed by atoms with van der Waals surface area (Å²) >= 11 is 0. The highest BCUT2D eigenvalue weighted by Crippen LogP contribution is 2.47. The molecule has 100 heavy (non-hydrogen) atoms. The summed E-state index contributed by atoms with van der Waals surface area (Å²) in [6.07, 6.45) is 0. The van der Waals surface area contributed by atoms with E-state index in [0.29, 0.717) is 0 Å². The fourth-order valence-corrected chi connectivity index (χ4v) is 16.7. The molecule has 6 heterocycles. The third kappa shape index (κ3) is 7.86. The summed E-state index contributed by atoms with van der Waals surface area (Å²) in [6, 6.07) is 119. The summed E-state index contributed by atoms with van der Waals surface area (Å²) in [4.78, 5) is 22.8. The SMILES string of the molecule is c1ccc(-c2nc3c(ccc4ccccc43)nc2-n2c3ccccc3c3cc4c5c6ccc(-c7cccc8c7ccc7nc(-c9ccccc9)c(-n9c%10ccccc%10c%10cc%11c%12c%13ccccc%13ccc%12n(-c%12ccccc%12)c%11cc%109)nc78)cc6ccc5n(-c5ccccc5)c4cc32)cc1. The Hall–Kier alpha value is -13.6. The van der Waals surface area contributed by atoms with Crippen molar-refractivity contribution >= 4 is 152 Å². The van der Waals surface area contributed by atoms with Gasteiger partial charge in [0.2, 0.25) is 0 Å². The van der Waals surface area contributed by atoms with E-state index in [1.54, 1.807) is 0 Å². The Balaban J connectivity index is 0.747. The zero-order valence-electron chi connectivity index (χ0n) is 53.8. The topological polar surface area (TPSA) is 71.3 Å². The number of hydrogen-bond donors (Lipinski definition) is 0. The molecular formula is C92H54N8. The molecule has 22 rings (SSSR count). The van der Waals surface area contributed by atoms with Crippen molar-refractivity contribution in [1.29, 1.82) is 0 Å². The third-order valence-corrected chi connectivity index (χ3v) is 21.1. The number of rotatable bonds is 7. The molecule has 0 fully saturated rings. The molecule has 0 saturated carbocycles. The monoisotopic (exact) mass is 1270 g/mol. The molecule has 0 aliphatic carbocycles. The third-order valence-electron chi connectivity index (χ3n) is 21.1. The van der Waals surface area contributed by atoms with Crippen LogP contribution in [0.3, 0.4) is 0 Å². The van der Waals surface area contributed by atoms with Crippen LogP contribution in [0, 0.1) is 0 Å². The minimum absolute atomic E-state index is 0.773. The molecule has 0 atom stereocenters. The number of para-hydroxylation sites is 4. The largest absolute Gasteiger partial charge is 0.309 e. The van der Waals surface area contributed by atoms with E-state index in [4.69, 9.17) is 19.9 Å². The number of fused-ring (bicyclic) bond motifs is 22. The molecule has 0 amide bonds. The normalized spacial score (nSPS) is 12.2. The number of benzene rings is 16. The van der Waals surface area contributed by atoms with Crippen LogP contribution in [-0.4, -0.2) is 38.2 Å². The van der Waals surface area contributed by atoms with Gasteiger partial charge in [-0.2, -0.15) is 0 Å². The van der Waals surface area contributed by atoms with E-state index in [1.807, 2.05) is 0 Å². The van der Waals surface area contributed by atoms with Gasteiger partial charge < -0.3 is 9.13 Å². The quantitative estimate of drug-likeness (QED) is 0.149. The molecule has 8 nitrogen and oxygen atoms in total. The van der Waals surface area contributed by atoms with E-state index in [2.05, 4.69) is 346 Å². The van der Waals surface area contributed by atoms with Crippen molar-refractivity contribution in [1.82, 2.24) is 38.2 Å². The molecule has 22 aromatic rings. The summed E-state index contributed by atoms with van der Waals surface area (Å²) in [6.45, 7) is 0. The van der Waals surface area contributed by atoms with Gasteiger partial charge in [0.1, 0.15) is 11.4 Å². The van der Waals surface area contributed by atoms with E-state index in [9.17, 15) is 0 Å². The predicted octanol–water partition coefficient (Wildman–Crippen LogP) is 23.6. The van der Waals surface area contributed by atoms with E-state index in [-0.39, 0.29) is 0 Å². The second-order valence-electron chi connectivity index (χ2n) is 26.4. The first kappa shape index (κ1) is 54.7. The molecule has 0 spiro atoms. The molecule has 0 radical (unpaired) electrons. The molecule has 0 saturated heterocycles. The Morgan fingerprint density at radius 1 is 0.200 bits per heavy atom. The van der Waals surface area contributed by atoms with Crippen LogP contribution in [0.1, 0.15) is 0 Å². The lowest BCUT2D eigenvalue weighted by Gasteiger charge is -2.16. The van der Waals surface area contributed by atoms with Gasteiger partial charge in [-0.25, -0.2) is 19.9 Å². The van der Waals surface area contributed by atoms with E-state index >= 15 is 0 Å². The standard InChI is InChI=1S/C92H54N8/c1-5-24-57(25-6-1)87-92(100-78-39-20-18-35-69(78)72-51-73-83(54-82(72)100)97(61-28-9-3-10-29-61)79-48-42-55-22-13-15-32-64(55)85(73)79)96-90-70-37-21-36-63(67(70)45-47-75(90)93-87)59-40-44-65-60(50-59)43-49-80-86(65)74-52-71-68-34-17-19-38-77(68)99(81(71)53-84(74)98(80)62-30-11-4-12-31-62)91-88(58-26-7-2-8-27-58)95-89-66-33-16-14-23-56(66)41-46-76(89)94-91/h1-54H. The summed E-state index contributed by atoms with van der Waals surface area (Å²) in [5.74, 6) is 1.56. The van der Waals surface area contributed by atoms with Crippen LogP contribution in [0.5, 0.6) is 0 Å². The van der Waals surface area contributed by atoms with Crippen LogP contribution >= 0.6 is 0 Å². The van der Waals surface area contributed by atoms with E-state index in [0.717, 1.165) is 166 Å². The Kier molecular flexibility index (Phi) is 11.5. The molecule has 6 aromatic heterocycles. The average Bonchev–Trinajstić information content (AvgIpc) is 1.54. The zero-order valence-corrected chi connectivity index (χ0v) is 53.8. The highest BCUT2D eigenvalue weighted by atomic mass is 15.1. The molecule has 0 unspecified atom stereocenters. The highest BCUT2D eigenvalue weighted by Gasteiger charge is 2.27. The predicted molar refractivity (Wildman–Crippen MR) is 416 cm³/mol. The fraction of sp³-hybridized carbons (Fsp3) is 0. The van der Waals surface area contributed by atoms with Gasteiger partial charge in [-0.05, 0) is 134 Å². The first-order valence-corrected chi connectivity index (χ1v) is 34.1. The summed E-state index contributed by atoms with van der Waals surface area (Å²) in [7, 11) is 0. The summed E-state index contributed by atoms with van der Waals surface area (Å²) < 4.78 is 9.59. The maximum atomic E-state index is 5.92. The first-order valence-electron chi connectivity index (χ1n) is 34.1. The minimum atomic E-state index is 0.773. The number of hydrogen-bond acceptors (Lipinski definition) is 4. The van der Waals surface area contributed by atoms with E-state index in [1.165, 1.54) is 43.2 Å². The van der Waals surface area contributed by atoms with Gasteiger partial charge in [-0.3, -0.25) is 9.13 Å². The second-order valence-corrected chi connectivity index (χ2v) is 26.4. The van der Waals surface area contributed by atoms with Crippen molar-refractivity contribution in [2.75, 3.05) is 0 Å². The lowest BCUT2D eigenvalue weighted by atomic mass is 9.94. The Morgan fingerprint density at radius 3 is 1.26 bits per heavy atom. The van der Waals surface area contributed by atoms with Gasteiger partial charge in [0.05, 0.1) is 66.2 Å². The van der Waals surface area contributed by atoms with Gasteiger partial charge in [0, 0.05) is 76.4 Å². The van der Waals surface area contributed by atoms with Crippen molar-refractivity contribution in [3.8, 4) is 56.7 Å². The van der Waals surface area contributed by atoms with Crippen LogP contribution in [0.25, 0.3) is 209 Å². The number of nitrogens with zero attached hydrogens (tertiary/aromatic N) is 8. The Labute approximate surface area is 571 Å². The summed E-state index contributed by atoms with van der Waals surface area (Å²) in [5.41, 5.74) is 20.2. The van der Waals surface area contributed by atoms with Gasteiger partial charge in [-0.1, -0.05) is 237 Å². The van der Waals surface area contributed by atoms with Gasteiger partial charge >= 0.3 is 0 Å². The van der Waals surface area contributed by atoms with Crippen molar-refractivity contribution in [3.05, 3.63) is 328 Å². The van der Waals surface area contributed by atoms with Gasteiger partial charge in [-0.15, -0.1) is 0 Å². The Bertz CT molecular complexity index is 7250. The molecule has 8 heteroatoms. The lowest BCUT2D eigenvalue weighted by Crippen LogP contribution is -2.04. The van der Waals surface area contributed by atoms with Crippen molar-refractivity contribution < 1.29 is 0 Å². The second kappa shape index (κ2) is 21.0. The van der Waals surface area contributed by atoms with Crippen molar-refractivity contribution in [2.24, 2.45) is 0 Å². The van der Waals surface area contributed by atoms with Gasteiger partial charge in [0.15, 0.2) is 11.6 Å². The molecule has 462 valence electrons. The molecule has 0 N–H and O–H groups in total. The number of aromatic nitrogens is 8. The van der Waals surface area contributed by atoms with Crippen LogP contribution in [0.4, 0.5) is 0 Å². The molecule has 0 bridgehead atoms. The highest BCUT2D eigenvalue weighted by molar-refractivity contribution is 6.28. The minimum Gasteiger partial charge on any atom is -0.309 e. The molecular weight excluding hydrogens is 1220 g/mol. The summed E-state index contributed by atoms with van der Waals surface area (Å²) in [5, 5.41) is 18.6.